The Bertz CT molecular complexity index is 771. The molecule has 0 fully saturated rings. The molecule has 3 aromatic heterocycles. The van der Waals surface area contributed by atoms with E-state index in [0.717, 1.165) is 33.7 Å². The van der Waals surface area contributed by atoms with Crippen LogP contribution >= 0.6 is 38.9 Å². The van der Waals surface area contributed by atoms with Crippen molar-refractivity contribution in [3.63, 3.8) is 0 Å². The molecule has 0 saturated heterocycles. The molecule has 3 heterocycles. The van der Waals surface area contributed by atoms with Crippen molar-refractivity contribution in [2.45, 2.75) is 25.8 Å². The molecule has 3 aromatic rings. The van der Waals surface area contributed by atoms with Gasteiger partial charge in [0.15, 0.2) is 5.65 Å². The predicted molar refractivity (Wildman–Crippen MR) is 86.6 cm³/mol. The van der Waals surface area contributed by atoms with E-state index in [1.807, 2.05) is 25.6 Å². The molecule has 0 aliphatic rings. The van der Waals surface area contributed by atoms with Gasteiger partial charge in [0.25, 0.3) is 0 Å². The molecule has 1 unspecified atom stereocenters. The van der Waals surface area contributed by atoms with Crippen LogP contribution in [0, 0.1) is 6.92 Å². The molecule has 0 aliphatic carbocycles. The van der Waals surface area contributed by atoms with E-state index in [4.69, 9.17) is 11.6 Å². The second kappa shape index (κ2) is 5.16. The van der Waals surface area contributed by atoms with E-state index >= 15 is 0 Å². The van der Waals surface area contributed by atoms with Crippen molar-refractivity contribution in [3.05, 3.63) is 32.3 Å². The van der Waals surface area contributed by atoms with Gasteiger partial charge in [-0.3, -0.25) is 4.68 Å². The average Bonchev–Trinajstić information content (AvgIpc) is 3.00. The first-order valence-corrected chi connectivity index (χ1v) is 8.35. The van der Waals surface area contributed by atoms with Crippen molar-refractivity contribution in [1.29, 1.82) is 0 Å². The third kappa shape index (κ3) is 2.29. The minimum Gasteiger partial charge on any atom is -0.306 e. The van der Waals surface area contributed by atoms with Crippen LogP contribution in [-0.4, -0.2) is 19.3 Å². The number of alkyl halides is 1. The van der Waals surface area contributed by atoms with Gasteiger partial charge in [0.2, 0.25) is 0 Å². The van der Waals surface area contributed by atoms with Crippen molar-refractivity contribution in [1.82, 2.24) is 19.3 Å². The third-order valence-corrected chi connectivity index (χ3v) is 5.09. The molecule has 1 atom stereocenters. The van der Waals surface area contributed by atoms with Crippen LogP contribution in [0.3, 0.4) is 0 Å². The molecule has 0 amide bonds. The normalized spacial score (nSPS) is 13.2. The Hall–Kier alpha value is -0.850. The number of aryl methyl sites for hydroxylation is 2. The van der Waals surface area contributed by atoms with E-state index in [2.05, 4.69) is 42.0 Å². The highest BCUT2D eigenvalue weighted by Crippen LogP contribution is 2.28. The predicted octanol–water partition coefficient (Wildman–Crippen LogP) is 4.25. The largest absolute Gasteiger partial charge is 0.306 e. The van der Waals surface area contributed by atoms with Gasteiger partial charge in [-0.1, -0.05) is 0 Å². The second-order valence-electron chi connectivity index (χ2n) is 4.78. The van der Waals surface area contributed by atoms with Crippen LogP contribution < -0.4 is 0 Å². The summed E-state index contributed by atoms with van der Waals surface area (Å²) in [5, 5.41) is 6.39. The van der Waals surface area contributed by atoms with E-state index in [1.165, 1.54) is 4.88 Å². The van der Waals surface area contributed by atoms with Gasteiger partial charge < -0.3 is 4.57 Å². The summed E-state index contributed by atoms with van der Waals surface area (Å²) in [6, 6.07) is 2.13. The van der Waals surface area contributed by atoms with Crippen LogP contribution in [0.4, 0.5) is 0 Å². The lowest BCUT2D eigenvalue weighted by Gasteiger charge is -2.09. The Morgan fingerprint density at radius 3 is 2.85 bits per heavy atom. The minimum absolute atomic E-state index is 0.134. The van der Waals surface area contributed by atoms with Crippen molar-refractivity contribution < 1.29 is 0 Å². The molecule has 0 bridgehead atoms. The summed E-state index contributed by atoms with van der Waals surface area (Å²) in [7, 11) is 1.94. The van der Waals surface area contributed by atoms with E-state index in [1.54, 1.807) is 11.3 Å². The average molecular weight is 374 g/mol. The zero-order valence-electron chi connectivity index (χ0n) is 11.4. The monoisotopic (exact) mass is 372 g/mol. The highest BCUT2D eigenvalue weighted by atomic mass is 79.9. The molecule has 3 rings (SSSR count). The number of imidazole rings is 1. The summed E-state index contributed by atoms with van der Waals surface area (Å²) >= 11 is 11.5. The molecule has 0 aliphatic heterocycles. The minimum atomic E-state index is -0.134. The molecule has 0 radical (unpaired) electrons. The zero-order chi connectivity index (χ0) is 14.4. The van der Waals surface area contributed by atoms with Gasteiger partial charge in [0, 0.05) is 21.8 Å². The quantitative estimate of drug-likeness (QED) is 0.643. The van der Waals surface area contributed by atoms with Crippen LogP contribution in [0.2, 0.25) is 0 Å². The molecule has 106 valence electrons. The summed E-state index contributed by atoms with van der Waals surface area (Å²) in [5.74, 6) is 0.891. The lowest BCUT2D eigenvalue weighted by atomic mass is 10.4. The Morgan fingerprint density at radius 2 is 2.25 bits per heavy atom. The van der Waals surface area contributed by atoms with Crippen molar-refractivity contribution >= 4 is 50.0 Å². The Balaban J connectivity index is 2.18. The third-order valence-electron chi connectivity index (χ3n) is 3.21. The molecule has 0 spiro atoms. The summed E-state index contributed by atoms with van der Waals surface area (Å²) in [6.45, 7) is 4.69. The number of aromatic nitrogens is 4. The van der Waals surface area contributed by atoms with E-state index in [9.17, 15) is 0 Å². The smallest absolute Gasteiger partial charge is 0.159 e. The Labute approximate surface area is 134 Å². The van der Waals surface area contributed by atoms with Crippen molar-refractivity contribution in [3.8, 4) is 0 Å². The number of rotatable bonds is 3. The SMILES string of the molecule is Cc1nn(C)c2c1nc(C(C)Cl)n2Cc1cc(Br)cs1. The maximum absolute atomic E-state index is 6.29. The van der Waals surface area contributed by atoms with Gasteiger partial charge in [-0.2, -0.15) is 5.10 Å². The molecule has 0 aromatic carbocycles. The highest BCUT2D eigenvalue weighted by molar-refractivity contribution is 9.10. The lowest BCUT2D eigenvalue weighted by molar-refractivity contribution is 0.691. The number of thiophene rings is 1. The number of nitrogens with zero attached hydrogens (tertiary/aromatic N) is 4. The molecular formula is C13H14BrClN4S. The van der Waals surface area contributed by atoms with Gasteiger partial charge in [0.1, 0.15) is 11.3 Å². The summed E-state index contributed by atoms with van der Waals surface area (Å²) in [6.07, 6.45) is 0. The van der Waals surface area contributed by atoms with E-state index < -0.39 is 0 Å². The number of hydrogen-bond acceptors (Lipinski definition) is 3. The molecule has 4 nitrogen and oxygen atoms in total. The zero-order valence-corrected chi connectivity index (χ0v) is 14.6. The Kier molecular flexibility index (Phi) is 3.64. The number of halogens is 2. The van der Waals surface area contributed by atoms with Gasteiger partial charge in [-0.25, -0.2) is 4.98 Å². The van der Waals surface area contributed by atoms with Crippen LogP contribution in [0.1, 0.15) is 28.7 Å². The van der Waals surface area contributed by atoms with Crippen LogP contribution in [0.5, 0.6) is 0 Å². The summed E-state index contributed by atoms with van der Waals surface area (Å²) < 4.78 is 5.14. The standard InChI is InChI=1S/C13H14BrClN4S/c1-7(15)12-16-11-8(2)17-18(3)13(11)19(12)5-10-4-9(14)6-20-10/h4,6-7H,5H2,1-3H3. The highest BCUT2D eigenvalue weighted by Gasteiger charge is 2.20. The molecule has 7 heteroatoms. The maximum atomic E-state index is 6.29. The number of fused-ring (bicyclic) bond motifs is 1. The topological polar surface area (TPSA) is 35.6 Å². The summed E-state index contributed by atoms with van der Waals surface area (Å²) in [5.41, 5.74) is 2.90. The molecule has 0 N–H and O–H groups in total. The second-order valence-corrected chi connectivity index (χ2v) is 7.35. The van der Waals surface area contributed by atoms with Gasteiger partial charge >= 0.3 is 0 Å². The van der Waals surface area contributed by atoms with E-state index in [-0.39, 0.29) is 5.38 Å². The van der Waals surface area contributed by atoms with Gasteiger partial charge in [-0.15, -0.1) is 22.9 Å². The fourth-order valence-electron chi connectivity index (χ4n) is 2.40. The first kappa shape index (κ1) is 14.1. The maximum Gasteiger partial charge on any atom is 0.159 e. The van der Waals surface area contributed by atoms with Gasteiger partial charge in [0.05, 0.1) is 17.6 Å². The molecule has 0 saturated carbocycles. The summed E-state index contributed by atoms with van der Waals surface area (Å²) in [4.78, 5) is 5.93. The fraction of sp³-hybridized carbons (Fsp3) is 0.385. The van der Waals surface area contributed by atoms with Crippen LogP contribution in [-0.2, 0) is 13.6 Å². The molecular weight excluding hydrogens is 360 g/mol. The van der Waals surface area contributed by atoms with Crippen LogP contribution in [0.25, 0.3) is 11.2 Å². The number of hydrogen-bond donors (Lipinski definition) is 0. The fourth-order valence-corrected chi connectivity index (χ4v) is 4.01. The first-order valence-electron chi connectivity index (χ1n) is 6.24. The van der Waals surface area contributed by atoms with Crippen molar-refractivity contribution in [2.24, 2.45) is 7.05 Å². The van der Waals surface area contributed by atoms with Crippen LogP contribution in [0.15, 0.2) is 15.9 Å². The Morgan fingerprint density at radius 1 is 1.50 bits per heavy atom. The first-order chi connectivity index (χ1) is 9.47. The van der Waals surface area contributed by atoms with Gasteiger partial charge in [-0.05, 0) is 35.8 Å². The van der Waals surface area contributed by atoms with E-state index in [0.29, 0.717) is 0 Å². The van der Waals surface area contributed by atoms with Crippen molar-refractivity contribution in [2.75, 3.05) is 0 Å². The molecule has 20 heavy (non-hydrogen) atoms. The lowest BCUT2D eigenvalue weighted by Crippen LogP contribution is -2.08.